The topological polar surface area (TPSA) is 87.3 Å². The van der Waals surface area contributed by atoms with E-state index in [2.05, 4.69) is 15.4 Å². The van der Waals surface area contributed by atoms with E-state index >= 15 is 0 Å². The van der Waals surface area contributed by atoms with Gasteiger partial charge in [0.2, 0.25) is 10.0 Å². The standard InChI is InChI=1S/C11H15Cl2N3O3S/c1-20(18,19)16-5-4-14-11(17)15-7-8-2-3-9(12)6-10(8)13/h2-3,6,16H,4-5,7H2,1H3,(H2,14,15,17). The van der Waals surface area contributed by atoms with Gasteiger partial charge >= 0.3 is 6.03 Å². The van der Waals surface area contributed by atoms with Gasteiger partial charge in [-0.15, -0.1) is 0 Å². The van der Waals surface area contributed by atoms with Crippen LogP contribution in [0.15, 0.2) is 18.2 Å². The lowest BCUT2D eigenvalue weighted by atomic mass is 10.2. The molecule has 6 nitrogen and oxygen atoms in total. The number of benzene rings is 1. The second-order valence-corrected chi connectivity index (χ2v) is 6.69. The number of sulfonamides is 1. The molecule has 0 bridgehead atoms. The first-order valence-electron chi connectivity index (χ1n) is 5.68. The third kappa shape index (κ3) is 6.95. The molecule has 0 heterocycles. The normalized spacial score (nSPS) is 11.2. The molecule has 1 rings (SSSR count). The van der Waals surface area contributed by atoms with Crippen LogP contribution in [0.2, 0.25) is 10.0 Å². The summed E-state index contributed by atoms with van der Waals surface area (Å²) < 4.78 is 23.8. The summed E-state index contributed by atoms with van der Waals surface area (Å²) in [4.78, 5) is 11.5. The molecular formula is C11H15Cl2N3O3S. The third-order valence-electron chi connectivity index (χ3n) is 2.23. The van der Waals surface area contributed by atoms with Crippen molar-refractivity contribution in [2.45, 2.75) is 6.54 Å². The first kappa shape index (κ1) is 17.0. The van der Waals surface area contributed by atoms with Crippen molar-refractivity contribution in [1.29, 1.82) is 0 Å². The highest BCUT2D eigenvalue weighted by molar-refractivity contribution is 7.88. The van der Waals surface area contributed by atoms with Crippen molar-refractivity contribution in [3.05, 3.63) is 33.8 Å². The highest BCUT2D eigenvalue weighted by Crippen LogP contribution is 2.20. The SMILES string of the molecule is CS(=O)(=O)NCCNC(=O)NCc1ccc(Cl)cc1Cl. The van der Waals surface area contributed by atoms with Gasteiger partial charge in [0.1, 0.15) is 0 Å². The average molecular weight is 340 g/mol. The maximum atomic E-state index is 11.5. The van der Waals surface area contributed by atoms with E-state index in [0.29, 0.717) is 10.0 Å². The molecular weight excluding hydrogens is 325 g/mol. The Labute approximate surface area is 127 Å². The highest BCUT2D eigenvalue weighted by Gasteiger charge is 2.05. The number of rotatable bonds is 6. The van der Waals surface area contributed by atoms with Crippen LogP contribution in [0, 0.1) is 0 Å². The van der Waals surface area contributed by atoms with E-state index in [1.165, 1.54) is 0 Å². The molecule has 0 fully saturated rings. The number of nitrogens with one attached hydrogen (secondary N) is 3. The van der Waals surface area contributed by atoms with E-state index in [9.17, 15) is 13.2 Å². The zero-order valence-electron chi connectivity index (χ0n) is 10.7. The molecule has 20 heavy (non-hydrogen) atoms. The molecule has 0 aromatic heterocycles. The van der Waals surface area contributed by atoms with Crippen molar-refractivity contribution in [1.82, 2.24) is 15.4 Å². The molecule has 112 valence electrons. The molecule has 9 heteroatoms. The molecule has 0 aliphatic rings. The number of urea groups is 1. The Hall–Kier alpha value is -1.02. The van der Waals surface area contributed by atoms with E-state index in [-0.39, 0.29) is 19.6 Å². The summed E-state index contributed by atoms with van der Waals surface area (Å²) in [6.07, 6.45) is 1.05. The van der Waals surface area contributed by atoms with Crippen LogP contribution in [0.25, 0.3) is 0 Å². The van der Waals surface area contributed by atoms with Crippen molar-refractivity contribution >= 4 is 39.3 Å². The van der Waals surface area contributed by atoms with Gasteiger partial charge in [0.25, 0.3) is 0 Å². The minimum Gasteiger partial charge on any atom is -0.337 e. The van der Waals surface area contributed by atoms with E-state index < -0.39 is 16.1 Å². The van der Waals surface area contributed by atoms with Gasteiger partial charge in [-0.3, -0.25) is 0 Å². The molecule has 0 atom stereocenters. The van der Waals surface area contributed by atoms with Crippen molar-refractivity contribution in [2.75, 3.05) is 19.3 Å². The first-order chi connectivity index (χ1) is 9.28. The lowest BCUT2D eigenvalue weighted by molar-refractivity contribution is 0.240. The quantitative estimate of drug-likeness (QED) is 0.683. The number of halogens is 2. The molecule has 0 unspecified atom stereocenters. The van der Waals surface area contributed by atoms with Crippen LogP contribution < -0.4 is 15.4 Å². The van der Waals surface area contributed by atoms with Gasteiger partial charge in [-0.2, -0.15) is 0 Å². The van der Waals surface area contributed by atoms with Crippen LogP contribution in [-0.2, 0) is 16.6 Å². The fraction of sp³-hybridized carbons (Fsp3) is 0.364. The zero-order valence-corrected chi connectivity index (χ0v) is 13.1. The smallest absolute Gasteiger partial charge is 0.315 e. The van der Waals surface area contributed by atoms with Crippen molar-refractivity contribution in [3.63, 3.8) is 0 Å². The molecule has 0 saturated carbocycles. The van der Waals surface area contributed by atoms with E-state index in [1.807, 2.05) is 0 Å². The van der Waals surface area contributed by atoms with Crippen LogP contribution in [0.4, 0.5) is 4.79 Å². The Morgan fingerprint density at radius 2 is 1.90 bits per heavy atom. The predicted molar refractivity (Wildman–Crippen MR) is 79.5 cm³/mol. The lowest BCUT2D eigenvalue weighted by Gasteiger charge is -2.09. The van der Waals surface area contributed by atoms with Gasteiger partial charge in [0.05, 0.1) is 6.26 Å². The fourth-order valence-electron chi connectivity index (χ4n) is 1.32. The average Bonchev–Trinajstić information content (AvgIpc) is 2.32. The molecule has 1 aromatic rings. The highest BCUT2D eigenvalue weighted by atomic mass is 35.5. The van der Waals surface area contributed by atoms with Gasteiger partial charge in [0, 0.05) is 29.7 Å². The lowest BCUT2D eigenvalue weighted by Crippen LogP contribution is -2.39. The second-order valence-electron chi connectivity index (χ2n) is 4.01. The number of hydrogen-bond acceptors (Lipinski definition) is 3. The third-order valence-corrected chi connectivity index (χ3v) is 3.54. The Morgan fingerprint density at radius 1 is 1.20 bits per heavy atom. The fourth-order valence-corrected chi connectivity index (χ4v) is 2.26. The van der Waals surface area contributed by atoms with E-state index in [0.717, 1.165) is 11.8 Å². The van der Waals surface area contributed by atoms with Crippen LogP contribution in [0.1, 0.15) is 5.56 Å². The van der Waals surface area contributed by atoms with Crippen molar-refractivity contribution in [2.24, 2.45) is 0 Å². The second kappa shape index (κ2) is 7.68. The summed E-state index contributed by atoms with van der Waals surface area (Å²) in [6, 6.07) is 4.58. The molecule has 0 spiro atoms. The summed E-state index contributed by atoms with van der Waals surface area (Å²) in [6.45, 7) is 0.572. The largest absolute Gasteiger partial charge is 0.337 e. The monoisotopic (exact) mass is 339 g/mol. The summed E-state index contributed by atoms with van der Waals surface area (Å²) in [5, 5.41) is 6.10. The summed E-state index contributed by atoms with van der Waals surface area (Å²) in [7, 11) is -3.24. The van der Waals surface area contributed by atoms with E-state index in [1.54, 1.807) is 18.2 Å². The van der Waals surface area contributed by atoms with Crippen molar-refractivity contribution < 1.29 is 13.2 Å². The zero-order chi connectivity index (χ0) is 15.2. The Bertz CT molecular complexity index is 578. The summed E-state index contributed by atoms with van der Waals surface area (Å²) in [5.41, 5.74) is 0.737. The van der Waals surface area contributed by atoms with Gasteiger partial charge in [-0.1, -0.05) is 29.3 Å². The van der Waals surface area contributed by atoms with Gasteiger partial charge in [0.15, 0.2) is 0 Å². The van der Waals surface area contributed by atoms with Gasteiger partial charge in [-0.05, 0) is 17.7 Å². The molecule has 3 N–H and O–H groups in total. The number of amides is 2. The molecule has 0 saturated heterocycles. The minimum absolute atomic E-state index is 0.133. The number of hydrogen-bond donors (Lipinski definition) is 3. The summed E-state index contributed by atoms with van der Waals surface area (Å²) >= 11 is 11.7. The number of carbonyl (C=O) groups is 1. The maximum Gasteiger partial charge on any atom is 0.315 e. The van der Waals surface area contributed by atoms with Crippen LogP contribution in [-0.4, -0.2) is 33.8 Å². The Balaban J connectivity index is 2.29. The van der Waals surface area contributed by atoms with E-state index in [4.69, 9.17) is 23.2 Å². The Morgan fingerprint density at radius 3 is 2.50 bits per heavy atom. The predicted octanol–water partition coefficient (Wildman–Crippen LogP) is 1.34. The van der Waals surface area contributed by atoms with Gasteiger partial charge in [-0.25, -0.2) is 17.9 Å². The Kier molecular flexibility index (Phi) is 6.54. The van der Waals surface area contributed by atoms with Crippen molar-refractivity contribution in [3.8, 4) is 0 Å². The minimum atomic E-state index is -3.24. The van der Waals surface area contributed by atoms with Gasteiger partial charge < -0.3 is 10.6 Å². The van der Waals surface area contributed by atoms with Crippen LogP contribution in [0.3, 0.4) is 0 Å². The summed E-state index contributed by atoms with van der Waals surface area (Å²) in [5.74, 6) is 0. The molecule has 0 aliphatic carbocycles. The number of carbonyl (C=O) groups excluding carboxylic acids is 1. The van der Waals surface area contributed by atoms with Crippen LogP contribution in [0.5, 0.6) is 0 Å². The molecule has 2 amide bonds. The molecule has 1 aromatic carbocycles. The maximum absolute atomic E-state index is 11.5. The molecule has 0 aliphatic heterocycles. The van der Waals surface area contributed by atoms with Crippen LogP contribution >= 0.6 is 23.2 Å². The molecule has 0 radical (unpaired) electrons. The first-order valence-corrected chi connectivity index (χ1v) is 8.33.